The molecule has 1 heterocycles. The molecule has 2 N–H and O–H groups in total. The molecule has 23 heavy (non-hydrogen) atoms. The molecule has 0 saturated carbocycles. The van der Waals surface area contributed by atoms with Crippen LogP contribution in [0.5, 0.6) is 5.75 Å². The Morgan fingerprint density at radius 3 is 2.70 bits per heavy atom. The predicted octanol–water partition coefficient (Wildman–Crippen LogP) is 2.84. The molecule has 3 rings (SSSR count). The van der Waals surface area contributed by atoms with Gasteiger partial charge in [0.2, 0.25) is 0 Å². The molecule has 1 aromatic heterocycles. The molecule has 0 saturated heterocycles. The summed E-state index contributed by atoms with van der Waals surface area (Å²) in [6.07, 6.45) is 0. The molecule has 0 radical (unpaired) electrons. The van der Waals surface area contributed by atoms with Crippen LogP contribution >= 0.6 is 0 Å². The molecule has 6 heteroatoms. The van der Waals surface area contributed by atoms with Crippen LogP contribution in [0.4, 0.5) is 4.79 Å². The lowest BCUT2D eigenvalue weighted by atomic mass is 10.2. The lowest BCUT2D eigenvalue weighted by Crippen LogP contribution is -2.34. The molecule has 0 aliphatic rings. The molecule has 0 unspecified atom stereocenters. The number of urea groups is 1. The van der Waals surface area contributed by atoms with Crippen molar-refractivity contribution in [3.05, 3.63) is 59.8 Å². The summed E-state index contributed by atoms with van der Waals surface area (Å²) in [5.41, 5.74) is 2.32. The number of amides is 2. The zero-order chi connectivity index (χ0) is 16.1. The summed E-state index contributed by atoms with van der Waals surface area (Å²) < 4.78 is 10.5. The van der Waals surface area contributed by atoms with E-state index in [2.05, 4.69) is 15.8 Å². The first-order valence-electron chi connectivity index (χ1n) is 7.25. The van der Waals surface area contributed by atoms with Gasteiger partial charge in [0.05, 0.1) is 13.7 Å². The number of rotatable bonds is 5. The van der Waals surface area contributed by atoms with E-state index >= 15 is 0 Å². The van der Waals surface area contributed by atoms with E-state index in [4.69, 9.17) is 9.26 Å². The molecule has 6 nitrogen and oxygen atoms in total. The number of carbonyl (C=O) groups is 1. The van der Waals surface area contributed by atoms with E-state index in [1.165, 1.54) is 0 Å². The van der Waals surface area contributed by atoms with Crippen molar-refractivity contribution in [2.75, 3.05) is 7.11 Å². The summed E-state index contributed by atoms with van der Waals surface area (Å²) in [7, 11) is 1.61. The van der Waals surface area contributed by atoms with Gasteiger partial charge in [-0.15, -0.1) is 0 Å². The molecular weight excluding hydrogens is 294 g/mol. The van der Waals surface area contributed by atoms with Crippen molar-refractivity contribution in [1.82, 2.24) is 15.8 Å². The lowest BCUT2D eigenvalue weighted by Gasteiger charge is -2.10. The van der Waals surface area contributed by atoms with E-state index < -0.39 is 0 Å². The average Bonchev–Trinajstić information content (AvgIpc) is 3.01. The second-order valence-electron chi connectivity index (χ2n) is 4.97. The fourth-order valence-electron chi connectivity index (χ4n) is 2.32. The van der Waals surface area contributed by atoms with Gasteiger partial charge in [-0.3, -0.25) is 0 Å². The minimum Gasteiger partial charge on any atom is -0.496 e. The van der Waals surface area contributed by atoms with Crippen LogP contribution in [0.15, 0.2) is 53.1 Å². The monoisotopic (exact) mass is 311 g/mol. The van der Waals surface area contributed by atoms with Gasteiger partial charge in [-0.1, -0.05) is 35.5 Å². The Morgan fingerprint density at radius 1 is 1.09 bits per heavy atom. The molecule has 0 aliphatic heterocycles. The first kappa shape index (κ1) is 14.9. The first-order chi connectivity index (χ1) is 11.3. The summed E-state index contributed by atoms with van der Waals surface area (Å²) in [5, 5.41) is 10.4. The van der Waals surface area contributed by atoms with Gasteiger partial charge in [0.15, 0.2) is 5.58 Å². The van der Waals surface area contributed by atoms with Crippen molar-refractivity contribution in [2.24, 2.45) is 0 Å². The van der Waals surface area contributed by atoms with Gasteiger partial charge in [-0.05, 0) is 18.2 Å². The van der Waals surface area contributed by atoms with Gasteiger partial charge >= 0.3 is 6.03 Å². The fraction of sp³-hybridized carbons (Fsp3) is 0.176. The zero-order valence-electron chi connectivity index (χ0n) is 12.7. The highest BCUT2D eigenvalue weighted by Gasteiger charge is 2.09. The van der Waals surface area contributed by atoms with Crippen molar-refractivity contribution >= 4 is 17.0 Å². The van der Waals surface area contributed by atoms with E-state index in [0.29, 0.717) is 24.4 Å². The number of hydrogen-bond acceptors (Lipinski definition) is 4. The number of aromatic nitrogens is 1. The van der Waals surface area contributed by atoms with Crippen LogP contribution in [0.3, 0.4) is 0 Å². The molecule has 2 aromatic carbocycles. The van der Waals surface area contributed by atoms with Gasteiger partial charge in [-0.25, -0.2) is 4.79 Å². The van der Waals surface area contributed by atoms with Gasteiger partial charge in [0.1, 0.15) is 11.4 Å². The number of methoxy groups -OCH3 is 1. The summed E-state index contributed by atoms with van der Waals surface area (Å²) in [4.78, 5) is 11.9. The molecule has 2 amide bonds. The third kappa shape index (κ3) is 3.42. The predicted molar refractivity (Wildman–Crippen MR) is 86.1 cm³/mol. The quantitative estimate of drug-likeness (QED) is 0.759. The van der Waals surface area contributed by atoms with Gasteiger partial charge in [0.25, 0.3) is 0 Å². The molecule has 118 valence electrons. The molecular formula is C17H17N3O3. The Morgan fingerprint density at radius 2 is 1.83 bits per heavy atom. The number of benzene rings is 2. The molecule has 0 spiro atoms. The number of fused-ring (bicyclic) bond motifs is 1. The van der Waals surface area contributed by atoms with Crippen molar-refractivity contribution < 1.29 is 14.1 Å². The number of carbonyl (C=O) groups excluding carboxylic acids is 1. The lowest BCUT2D eigenvalue weighted by molar-refractivity contribution is 0.239. The summed E-state index contributed by atoms with van der Waals surface area (Å²) in [6.45, 7) is 0.685. The first-order valence-corrected chi connectivity index (χ1v) is 7.25. The van der Waals surface area contributed by atoms with E-state index in [-0.39, 0.29) is 6.03 Å². The number of ether oxygens (including phenoxy) is 1. The number of nitrogens with zero attached hydrogens (tertiary/aromatic N) is 1. The van der Waals surface area contributed by atoms with Crippen LogP contribution in [0.2, 0.25) is 0 Å². The highest BCUT2D eigenvalue weighted by atomic mass is 16.5. The highest BCUT2D eigenvalue weighted by molar-refractivity contribution is 5.80. The Bertz CT molecular complexity index is 813. The summed E-state index contributed by atoms with van der Waals surface area (Å²) in [5.74, 6) is 0.746. The highest BCUT2D eigenvalue weighted by Crippen LogP contribution is 2.18. The number of nitrogens with one attached hydrogen (secondary N) is 2. The van der Waals surface area contributed by atoms with Gasteiger partial charge in [0, 0.05) is 17.5 Å². The maximum absolute atomic E-state index is 11.9. The van der Waals surface area contributed by atoms with E-state index in [0.717, 1.165) is 16.7 Å². The fourth-order valence-corrected chi connectivity index (χ4v) is 2.32. The molecule has 0 fully saturated rings. The topological polar surface area (TPSA) is 76.4 Å². The Hall–Kier alpha value is -3.02. The van der Waals surface area contributed by atoms with Crippen LogP contribution in [0.25, 0.3) is 11.0 Å². The molecule has 0 bridgehead atoms. The third-order valence-electron chi connectivity index (χ3n) is 3.50. The summed E-state index contributed by atoms with van der Waals surface area (Å²) >= 11 is 0. The van der Waals surface area contributed by atoms with E-state index in [1.807, 2.05) is 48.5 Å². The van der Waals surface area contributed by atoms with Crippen molar-refractivity contribution in [3.63, 3.8) is 0 Å². The maximum atomic E-state index is 11.9. The Labute approximate surface area is 133 Å². The zero-order valence-corrected chi connectivity index (χ0v) is 12.7. The second-order valence-corrected chi connectivity index (χ2v) is 4.97. The van der Waals surface area contributed by atoms with Crippen molar-refractivity contribution in [2.45, 2.75) is 13.1 Å². The largest absolute Gasteiger partial charge is 0.496 e. The number of hydrogen-bond donors (Lipinski definition) is 2. The van der Waals surface area contributed by atoms with Crippen LogP contribution in [-0.4, -0.2) is 18.3 Å². The maximum Gasteiger partial charge on any atom is 0.315 e. The Balaban J connectivity index is 1.56. The minimum absolute atomic E-state index is 0.275. The average molecular weight is 311 g/mol. The summed E-state index contributed by atoms with van der Waals surface area (Å²) in [6, 6.07) is 14.8. The van der Waals surface area contributed by atoms with E-state index in [9.17, 15) is 4.79 Å². The normalized spacial score (nSPS) is 10.5. The van der Waals surface area contributed by atoms with Crippen molar-refractivity contribution in [3.8, 4) is 5.75 Å². The van der Waals surface area contributed by atoms with Crippen molar-refractivity contribution in [1.29, 1.82) is 0 Å². The van der Waals surface area contributed by atoms with Crippen LogP contribution in [0, 0.1) is 0 Å². The van der Waals surface area contributed by atoms with Crippen LogP contribution < -0.4 is 15.4 Å². The Kier molecular flexibility index (Phi) is 4.42. The molecule has 0 aliphatic carbocycles. The van der Waals surface area contributed by atoms with E-state index in [1.54, 1.807) is 7.11 Å². The second kappa shape index (κ2) is 6.83. The van der Waals surface area contributed by atoms with Crippen LogP contribution in [-0.2, 0) is 13.1 Å². The third-order valence-corrected chi connectivity index (χ3v) is 3.50. The SMILES string of the molecule is COc1ccccc1CNC(=O)NCc1noc2ccccc12. The standard InChI is InChI=1S/C17H17N3O3/c1-22-15-8-4-2-6-12(15)10-18-17(21)19-11-14-13-7-3-5-9-16(13)23-20-14/h2-9H,10-11H2,1H3,(H2,18,19,21). The molecule has 3 aromatic rings. The van der Waals surface area contributed by atoms with Gasteiger partial charge in [-0.2, -0.15) is 0 Å². The van der Waals surface area contributed by atoms with Gasteiger partial charge < -0.3 is 19.9 Å². The molecule has 0 atom stereocenters. The minimum atomic E-state index is -0.275. The van der Waals surface area contributed by atoms with Crippen LogP contribution in [0.1, 0.15) is 11.3 Å². The number of para-hydroxylation sites is 2. The smallest absolute Gasteiger partial charge is 0.315 e.